The van der Waals surface area contributed by atoms with E-state index >= 15 is 0 Å². The Morgan fingerprint density at radius 1 is 1.61 bits per heavy atom. The summed E-state index contributed by atoms with van der Waals surface area (Å²) in [4.78, 5) is 18.2. The highest BCUT2D eigenvalue weighted by Gasteiger charge is 2.29. The average Bonchev–Trinajstić information content (AvgIpc) is 2.86. The van der Waals surface area contributed by atoms with E-state index in [1.54, 1.807) is 11.3 Å². The summed E-state index contributed by atoms with van der Waals surface area (Å²) in [7, 11) is 0. The molecule has 4 heteroatoms. The van der Waals surface area contributed by atoms with Crippen LogP contribution in [-0.4, -0.2) is 22.3 Å². The minimum atomic E-state index is 0.0606. The molecule has 2 heterocycles. The standard InChI is InChI=1S/C14H18N2OS/c1-5-10-6-13(17)16(7-10)8-12-15-11(9-18-12)14(2,3)4/h1,9-10H,6-8H2,2-4H3. The maximum Gasteiger partial charge on any atom is 0.224 e. The lowest BCUT2D eigenvalue weighted by molar-refractivity contribution is -0.128. The van der Waals surface area contributed by atoms with Gasteiger partial charge in [0, 0.05) is 29.7 Å². The zero-order chi connectivity index (χ0) is 13.3. The van der Waals surface area contributed by atoms with E-state index in [0.29, 0.717) is 19.5 Å². The molecular formula is C14H18N2OS. The third-order valence-electron chi connectivity index (χ3n) is 3.10. The van der Waals surface area contributed by atoms with Gasteiger partial charge in [0.1, 0.15) is 5.01 Å². The smallest absolute Gasteiger partial charge is 0.224 e. The van der Waals surface area contributed by atoms with Crippen molar-refractivity contribution in [1.82, 2.24) is 9.88 Å². The van der Waals surface area contributed by atoms with Crippen molar-refractivity contribution in [2.75, 3.05) is 6.54 Å². The van der Waals surface area contributed by atoms with Gasteiger partial charge in [-0.2, -0.15) is 0 Å². The molecular weight excluding hydrogens is 244 g/mol. The van der Waals surface area contributed by atoms with Crippen molar-refractivity contribution in [3.05, 3.63) is 16.1 Å². The average molecular weight is 262 g/mol. The summed E-state index contributed by atoms with van der Waals surface area (Å²) in [6.07, 6.45) is 5.85. The van der Waals surface area contributed by atoms with Crippen LogP contribution in [0.3, 0.4) is 0 Å². The van der Waals surface area contributed by atoms with Crippen molar-refractivity contribution in [1.29, 1.82) is 0 Å². The number of carbonyl (C=O) groups is 1. The minimum Gasteiger partial charge on any atom is -0.335 e. The van der Waals surface area contributed by atoms with Gasteiger partial charge in [0.05, 0.1) is 12.2 Å². The molecule has 3 nitrogen and oxygen atoms in total. The maximum absolute atomic E-state index is 11.8. The molecule has 0 spiro atoms. The van der Waals surface area contributed by atoms with Gasteiger partial charge in [0.15, 0.2) is 0 Å². The highest BCUT2D eigenvalue weighted by Crippen LogP contribution is 2.26. The van der Waals surface area contributed by atoms with Crippen molar-refractivity contribution < 1.29 is 4.79 Å². The van der Waals surface area contributed by atoms with E-state index in [0.717, 1.165) is 10.7 Å². The van der Waals surface area contributed by atoms with E-state index in [2.05, 4.69) is 37.1 Å². The number of thiazole rings is 1. The molecule has 1 unspecified atom stereocenters. The monoisotopic (exact) mass is 262 g/mol. The summed E-state index contributed by atoms with van der Waals surface area (Å²) in [6, 6.07) is 0. The van der Waals surface area contributed by atoms with Gasteiger partial charge in [-0.05, 0) is 0 Å². The molecule has 0 bridgehead atoms. The second-order valence-electron chi connectivity index (χ2n) is 5.72. The van der Waals surface area contributed by atoms with Crippen molar-refractivity contribution in [2.45, 2.75) is 39.2 Å². The third kappa shape index (κ3) is 2.73. The van der Waals surface area contributed by atoms with Gasteiger partial charge in [-0.1, -0.05) is 20.8 Å². The molecule has 1 fully saturated rings. The molecule has 1 saturated heterocycles. The molecule has 1 amide bonds. The fourth-order valence-corrected chi connectivity index (χ4v) is 2.96. The predicted molar refractivity (Wildman–Crippen MR) is 73.2 cm³/mol. The van der Waals surface area contributed by atoms with Crippen molar-refractivity contribution >= 4 is 17.2 Å². The number of terminal acetylenes is 1. The van der Waals surface area contributed by atoms with E-state index in [4.69, 9.17) is 6.42 Å². The Morgan fingerprint density at radius 3 is 2.83 bits per heavy atom. The molecule has 1 aliphatic rings. The SMILES string of the molecule is C#CC1CC(=O)N(Cc2nc(C(C)(C)C)cs2)C1. The number of aromatic nitrogens is 1. The fourth-order valence-electron chi connectivity index (χ4n) is 1.93. The number of likely N-dealkylation sites (tertiary alicyclic amines) is 1. The van der Waals surface area contributed by atoms with E-state index in [-0.39, 0.29) is 17.2 Å². The lowest BCUT2D eigenvalue weighted by Crippen LogP contribution is -2.24. The fraction of sp³-hybridized carbons (Fsp3) is 0.571. The Labute approximate surface area is 112 Å². The highest BCUT2D eigenvalue weighted by atomic mass is 32.1. The summed E-state index contributed by atoms with van der Waals surface area (Å²) in [5.41, 5.74) is 1.15. The van der Waals surface area contributed by atoms with Crippen LogP contribution in [0.15, 0.2) is 5.38 Å². The minimum absolute atomic E-state index is 0.0606. The van der Waals surface area contributed by atoms with Crippen LogP contribution in [0.4, 0.5) is 0 Å². The Hall–Kier alpha value is -1.34. The second-order valence-corrected chi connectivity index (χ2v) is 6.66. The van der Waals surface area contributed by atoms with Gasteiger partial charge >= 0.3 is 0 Å². The lowest BCUT2D eigenvalue weighted by atomic mass is 9.93. The molecule has 1 aromatic heterocycles. The maximum atomic E-state index is 11.8. The van der Waals surface area contributed by atoms with Crippen molar-refractivity contribution in [3.63, 3.8) is 0 Å². The van der Waals surface area contributed by atoms with Crippen LogP contribution in [0.25, 0.3) is 0 Å². The van der Waals surface area contributed by atoms with Gasteiger partial charge in [-0.25, -0.2) is 4.98 Å². The lowest BCUT2D eigenvalue weighted by Gasteiger charge is -2.15. The van der Waals surface area contributed by atoms with Crippen LogP contribution in [-0.2, 0) is 16.8 Å². The van der Waals surface area contributed by atoms with Crippen LogP contribution < -0.4 is 0 Å². The molecule has 0 radical (unpaired) electrons. The van der Waals surface area contributed by atoms with E-state index in [1.807, 2.05) is 4.90 Å². The number of hydrogen-bond donors (Lipinski definition) is 0. The molecule has 0 saturated carbocycles. The Morgan fingerprint density at radius 2 is 2.33 bits per heavy atom. The topological polar surface area (TPSA) is 33.2 Å². The highest BCUT2D eigenvalue weighted by molar-refractivity contribution is 7.09. The Kier molecular flexibility index (Phi) is 3.45. The zero-order valence-electron chi connectivity index (χ0n) is 11.1. The van der Waals surface area contributed by atoms with Gasteiger partial charge in [-0.3, -0.25) is 4.79 Å². The first kappa shape index (κ1) is 13.1. The summed E-state index contributed by atoms with van der Waals surface area (Å²) >= 11 is 1.62. The number of nitrogens with zero attached hydrogens (tertiary/aromatic N) is 2. The first-order valence-electron chi connectivity index (χ1n) is 6.09. The summed E-state index contributed by atoms with van der Waals surface area (Å²) < 4.78 is 0. The first-order chi connectivity index (χ1) is 8.40. The molecule has 18 heavy (non-hydrogen) atoms. The molecule has 96 valence electrons. The predicted octanol–water partition coefficient (Wildman–Crippen LogP) is 2.42. The summed E-state index contributed by atoms with van der Waals surface area (Å²) in [6.45, 7) is 7.68. The van der Waals surface area contributed by atoms with E-state index < -0.39 is 0 Å². The van der Waals surface area contributed by atoms with Crippen LogP contribution in [0, 0.1) is 18.3 Å². The summed E-state index contributed by atoms with van der Waals surface area (Å²) in [5.74, 6) is 2.87. The van der Waals surface area contributed by atoms with Gasteiger partial charge in [0.2, 0.25) is 5.91 Å². The van der Waals surface area contributed by atoms with Crippen LogP contribution in [0.1, 0.15) is 37.9 Å². The van der Waals surface area contributed by atoms with Gasteiger partial charge in [-0.15, -0.1) is 23.7 Å². The largest absolute Gasteiger partial charge is 0.335 e. The van der Waals surface area contributed by atoms with Crippen molar-refractivity contribution in [2.24, 2.45) is 5.92 Å². The van der Waals surface area contributed by atoms with E-state index in [1.165, 1.54) is 0 Å². The number of hydrogen-bond acceptors (Lipinski definition) is 3. The Bertz CT molecular complexity index is 493. The van der Waals surface area contributed by atoms with Crippen LogP contribution in [0.5, 0.6) is 0 Å². The normalized spacial score (nSPS) is 20.2. The number of amides is 1. The van der Waals surface area contributed by atoms with Gasteiger partial charge < -0.3 is 4.90 Å². The molecule has 2 rings (SSSR count). The first-order valence-corrected chi connectivity index (χ1v) is 6.97. The summed E-state index contributed by atoms with van der Waals surface area (Å²) in [5, 5.41) is 3.07. The van der Waals surface area contributed by atoms with E-state index in [9.17, 15) is 4.79 Å². The second kappa shape index (κ2) is 4.74. The molecule has 1 aromatic rings. The molecule has 1 aliphatic heterocycles. The van der Waals surface area contributed by atoms with Gasteiger partial charge in [0.25, 0.3) is 0 Å². The quantitative estimate of drug-likeness (QED) is 0.767. The van der Waals surface area contributed by atoms with Crippen LogP contribution >= 0.6 is 11.3 Å². The molecule has 0 aliphatic carbocycles. The molecule has 0 N–H and O–H groups in total. The van der Waals surface area contributed by atoms with Crippen molar-refractivity contribution in [3.8, 4) is 12.3 Å². The Balaban J connectivity index is 2.05. The number of carbonyl (C=O) groups excluding carboxylic acids is 1. The zero-order valence-corrected chi connectivity index (χ0v) is 11.9. The number of rotatable bonds is 2. The third-order valence-corrected chi connectivity index (χ3v) is 3.93. The molecule has 1 atom stereocenters. The molecule has 0 aromatic carbocycles. The van der Waals surface area contributed by atoms with Crippen LogP contribution in [0.2, 0.25) is 0 Å².